The van der Waals surface area contributed by atoms with E-state index in [4.69, 9.17) is 14.6 Å². The maximum absolute atomic E-state index is 9.03. The Kier molecular flexibility index (Phi) is 3.62. The molecule has 2 aliphatic rings. The van der Waals surface area contributed by atoms with E-state index in [1.165, 1.54) is 5.56 Å². The number of aliphatic hydroxyl groups excluding tert-OH is 1. The summed E-state index contributed by atoms with van der Waals surface area (Å²) in [6.07, 6.45) is 3.10. The minimum atomic E-state index is 0.176. The van der Waals surface area contributed by atoms with E-state index in [1.54, 1.807) is 7.11 Å². The van der Waals surface area contributed by atoms with Crippen molar-refractivity contribution >= 4 is 5.69 Å². The molecule has 1 aromatic carbocycles. The zero-order chi connectivity index (χ0) is 13.2. The number of nitrogens with one attached hydrogen (secondary N) is 1. The maximum atomic E-state index is 9.03. The van der Waals surface area contributed by atoms with Crippen molar-refractivity contribution in [3.63, 3.8) is 0 Å². The highest BCUT2D eigenvalue weighted by Crippen LogP contribution is 2.46. The van der Waals surface area contributed by atoms with Gasteiger partial charge in [0, 0.05) is 36.4 Å². The lowest BCUT2D eigenvalue weighted by Crippen LogP contribution is -2.36. The van der Waals surface area contributed by atoms with Crippen molar-refractivity contribution in [2.45, 2.75) is 31.4 Å². The zero-order valence-electron chi connectivity index (χ0n) is 11.3. The van der Waals surface area contributed by atoms with E-state index >= 15 is 0 Å². The molecule has 3 rings (SSSR count). The number of methoxy groups -OCH3 is 1. The Morgan fingerprint density at radius 3 is 3.16 bits per heavy atom. The molecule has 1 unspecified atom stereocenters. The van der Waals surface area contributed by atoms with Crippen molar-refractivity contribution in [1.82, 2.24) is 0 Å². The van der Waals surface area contributed by atoms with Gasteiger partial charge >= 0.3 is 0 Å². The highest BCUT2D eigenvalue weighted by molar-refractivity contribution is 5.58. The van der Waals surface area contributed by atoms with Crippen molar-refractivity contribution in [2.75, 3.05) is 25.6 Å². The molecule has 2 aliphatic heterocycles. The molecule has 0 aliphatic carbocycles. The predicted molar refractivity (Wildman–Crippen MR) is 73.5 cm³/mol. The molecular weight excluding hydrogens is 242 g/mol. The van der Waals surface area contributed by atoms with E-state index in [9.17, 15) is 0 Å². The number of anilines is 1. The monoisotopic (exact) mass is 263 g/mol. The summed E-state index contributed by atoms with van der Waals surface area (Å²) in [4.78, 5) is 0. The lowest BCUT2D eigenvalue weighted by Gasteiger charge is -2.36. The van der Waals surface area contributed by atoms with Crippen LogP contribution < -0.4 is 10.1 Å². The van der Waals surface area contributed by atoms with Crippen molar-refractivity contribution in [2.24, 2.45) is 5.92 Å². The molecule has 1 saturated heterocycles. The molecule has 0 radical (unpaired) electrons. The molecule has 104 valence electrons. The van der Waals surface area contributed by atoms with Gasteiger partial charge in [0.2, 0.25) is 0 Å². The number of aliphatic hydroxyl groups is 1. The summed E-state index contributed by atoms with van der Waals surface area (Å²) in [5.41, 5.74) is 2.36. The molecule has 2 N–H and O–H groups in total. The summed E-state index contributed by atoms with van der Waals surface area (Å²) < 4.78 is 11.2. The lowest BCUT2D eigenvalue weighted by atomic mass is 9.82. The van der Waals surface area contributed by atoms with Crippen LogP contribution >= 0.6 is 0 Å². The number of hydrogen-bond donors (Lipinski definition) is 2. The van der Waals surface area contributed by atoms with E-state index in [1.807, 2.05) is 6.07 Å². The smallest absolute Gasteiger partial charge is 0.119 e. The van der Waals surface area contributed by atoms with Crippen LogP contribution in [0.25, 0.3) is 0 Å². The number of rotatable bonds is 4. The van der Waals surface area contributed by atoms with Crippen molar-refractivity contribution in [3.05, 3.63) is 23.8 Å². The molecule has 1 aromatic rings. The molecule has 0 amide bonds. The van der Waals surface area contributed by atoms with Crippen LogP contribution in [0.15, 0.2) is 18.2 Å². The molecule has 4 nitrogen and oxygen atoms in total. The Labute approximate surface area is 113 Å². The number of ether oxygens (including phenoxy) is 2. The van der Waals surface area contributed by atoms with Gasteiger partial charge in [0.15, 0.2) is 0 Å². The van der Waals surface area contributed by atoms with Crippen LogP contribution in [0.5, 0.6) is 5.75 Å². The van der Waals surface area contributed by atoms with Gasteiger partial charge < -0.3 is 19.9 Å². The summed E-state index contributed by atoms with van der Waals surface area (Å²) in [5, 5.41) is 12.6. The molecule has 1 fully saturated rings. The molecule has 0 aromatic heterocycles. The Morgan fingerprint density at radius 2 is 2.37 bits per heavy atom. The van der Waals surface area contributed by atoms with Gasteiger partial charge in [-0.3, -0.25) is 0 Å². The molecule has 0 spiro atoms. The van der Waals surface area contributed by atoms with Crippen LogP contribution in [0.3, 0.4) is 0 Å². The van der Waals surface area contributed by atoms with Gasteiger partial charge in [-0.1, -0.05) is 0 Å². The predicted octanol–water partition coefficient (Wildman–Crippen LogP) is 2.34. The van der Waals surface area contributed by atoms with Crippen molar-refractivity contribution in [3.8, 4) is 5.75 Å². The summed E-state index contributed by atoms with van der Waals surface area (Å²) >= 11 is 0. The third kappa shape index (κ3) is 2.30. The third-order valence-corrected chi connectivity index (χ3v) is 4.23. The third-order valence-electron chi connectivity index (χ3n) is 4.23. The van der Waals surface area contributed by atoms with Crippen LogP contribution in [0, 0.1) is 5.92 Å². The Balaban J connectivity index is 1.89. The van der Waals surface area contributed by atoms with Gasteiger partial charge in [-0.2, -0.15) is 0 Å². The fourth-order valence-corrected chi connectivity index (χ4v) is 3.28. The van der Waals surface area contributed by atoms with E-state index in [-0.39, 0.29) is 12.7 Å². The standard InChI is InChI=1S/C15H21NO3/c1-18-10-4-5-14-12(9-10)15-11(6-8-19-15)13(16-14)3-2-7-17/h4-5,9,11,13,15-17H,2-3,6-8H2,1H3/t11-,13?,15-/m0/s1. The second-order valence-corrected chi connectivity index (χ2v) is 5.31. The largest absolute Gasteiger partial charge is 0.497 e. The minimum absolute atomic E-state index is 0.176. The first kappa shape index (κ1) is 12.8. The van der Waals surface area contributed by atoms with E-state index in [0.717, 1.165) is 37.3 Å². The first-order valence-electron chi connectivity index (χ1n) is 7.00. The summed E-state index contributed by atoms with van der Waals surface area (Å²) in [5.74, 6) is 1.38. The van der Waals surface area contributed by atoms with Crippen LogP contribution in [0.1, 0.15) is 30.9 Å². The average molecular weight is 263 g/mol. The Hall–Kier alpha value is -1.26. The fourth-order valence-electron chi connectivity index (χ4n) is 3.28. The number of fused-ring (bicyclic) bond motifs is 3. The highest BCUT2D eigenvalue weighted by Gasteiger charge is 2.40. The molecule has 4 heteroatoms. The second-order valence-electron chi connectivity index (χ2n) is 5.31. The van der Waals surface area contributed by atoms with Crippen molar-refractivity contribution in [1.29, 1.82) is 0 Å². The summed E-state index contributed by atoms with van der Waals surface area (Å²) in [6, 6.07) is 6.52. The highest BCUT2D eigenvalue weighted by atomic mass is 16.5. The SMILES string of the molecule is COc1ccc2c(c1)[C@H]1OCC[C@H]1C(CCCO)N2. The fraction of sp³-hybridized carbons (Fsp3) is 0.600. The normalized spacial score (nSPS) is 28.4. The number of benzene rings is 1. The topological polar surface area (TPSA) is 50.7 Å². The van der Waals surface area contributed by atoms with E-state index < -0.39 is 0 Å². The summed E-state index contributed by atoms with van der Waals surface area (Å²) in [6.45, 7) is 1.08. The Morgan fingerprint density at radius 1 is 1.47 bits per heavy atom. The van der Waals surface area contributed by atoms with Crippen LogP contribution in [0.4, 0.5) is 5.69 Å². The van der Waals surface area contributed by atoms with Gasteiger partial charge in [0.05, 0.1) is 13.2 Å². The van der Waals surface area contributed by atoms with E-state index in [2.05, 4.69) is 17.4 Å². The van der Waals surface area contributed by atoms with Gasteiger partial charge in [-0.15, -0.1) is 0 Å². The van der Waals surface area contributed by atoms with Gasteiger partial charge in [0.1, 0.15) is 5.75 Å². The van der Waals surface area contributed by atoms with Crippen molar-refractivity contribution < 1.29 is 14.6 Å². The van der Waals surface area contributed by atoms with Gasteiger partial charge in [-0.25, -0.2) is 0 Å². The van der Waals surface area contributed by atoms with E-state index in [0.29, 0.717) is 12.0 Å². The quantitative estimate of drug-likeness (QED) is 0.875. The van der Waals surface area contributed by atoms with Gasteiger partial charge in [-0.05, 0) is 37.5 Å². The van der Waals surface area contributed by atoms with Gasteiger partial charge in [0.25, 0.3) is 0 Å². The second kappa shape index (κ2) is 5.39. The van der Waals surface area contributed by atoms with Crippen LogP contribution in [-0.4, -0.2) is 31.5 Å². The van der Waals surface area contributed by atoms with Crippen LogP contribution in [0.2, 0.25) is 0 Å². The lowest BCUT2D eigenvalue weighted by molar-refractivity contribution is 0.0811. The maximum Gasteiger partial charge on any atom is 0.119 e. The first-order chi connectivity index (χ1) is 9.33. The summed E-state index contributed by atoms with van der Waals surface area (Å²) in [7, 11) is 1.69. The molecule has 19 heavy (non-hydrogen) atoms. The average Bonchev–Trinajstić information content (AvgIpc) is 2.94. The first-order valence-corrected chi connectivity index (χ1v) is 7.00. The zero-order valence-corrected chi connectivity index (χ0v) is 11.3. The Bertz CT molecular complexity index is 449. The molecule has 0 saturated carbocycles. The molecule has 0 bridgehead atoms. The van der Waals surface area contributed by atoms with Crippen LogP contribution in [-0.2, 0) is 4.74 Å². The molecule has 3 atom stereocenters. The number of hydrogen-bond acceptors (Lipinski definition) is 4. The minimum Gasteiger partial charge on any atom is -0.497 e. The molecule has 2 heterocycles. The molecular formula is C15H21NO3.